The molecule has 1 saturated heterocycles. The number of anilines is 2. The monoisotopic (exact) mass is 1150 g/mol. The molecule has 5 heterocycles. The normalized spacial score (nSPS) is 15.3. The predicted molar refractivity (Wildman–Crippen MR) is 326 cm³/mol. The number of nitrogens with zero attached hydrogens (tertiary/aromatic N) is 6. The van der Waals surface area contributed by atoms with Crippen LogP contribution in [0.15, 0.2) is 265 Å². The minimum absolute atomic E-state index is 0.0618. The van der Waals surface area contributed by atoms with E-state index in [1.54, 1.807) is 41.4 Å². The van der Waals surface area contributed by atoms with Gasteiger partial charge in [0, 0.05) is 33.9 Å². The van der Waals surface area contributed by atoms with Crippen LogP contribution >= 0.6 is 23.1 Å². The standard InChI is InChI=1S/C67H55N9O6S2/c1-80-54-36-34-46(35-37-54)43-81-64(79)60-47(21-20-41-74-42-39-56(68)76-57(74)38-40-69-76)44-83-63-59(62(78)75(60)63)71-61(77)58(73-82-67(51-28-14-5-15-29-51,52-30-16-6-17-31-52)53-32-18-7-19-33-53)55-45-84-65(70-55)72-66(48-22-8-2-9-23-48,49-24-10-3-11-25-49)50-26-12-4-13-27-50/h2-40,42,45,59,63,68H,41,43-44H2,1H3,(H2,70,71,72,77)/p+1/b21-20+,73-58?/t59-,63+/m1/s1. The average Bonchev–Trinajstić information content (AvgIpc) is 1.70. The van der Waals surface area contributed by atoms with Crippen LogP contribution in [0.2, 0.25) is 0 Å². The molecule has 2 aliphatic rings. The van der Waals surface area contributed by atoms with E-state index in [1.807, 2.05) is 187 Å². The molecule has 0 saturated carbocycles. The van der Waals surface area contributed by atoms with Crippen molar-refractivity contribution in [3.8, 4) is 5.75 Å². The fourth-order valence-electron chi connectivity index (χ4n) is 10.8. The number of β-lactam (4-membered cyclic amide) rings is 1. The van der Waals surface area contributed by atoms with Crippen LogP contribution in [0.5, 0.6) is 5.75 Å². The molecule has 0 aliphatic carbocycles. The molecule has 1 fully saturated rings. The van der Waals surface area contributed by atoms with Crippen LogP contribution in [0, 0.1) is 0 Å². The van der Waals surface area contributed by atoms with Gasteiger partial charge in [-0.15, -0.1) is 23.1 Å². The van der Waals surface area contributed by atoms with Gasteiger partial charge in [-0.1, -0.05) is 215 Å². The van der Waals surface area contributed by atoms with Crippen molar-refractivity contribution in [2.75, 3.05) is 23.9 Å². The van der Waals surface area contributed by atoms with Gasteiger partial charge in [0.1, 0.15) is 47.2 Å². The zero-order chi connectivity index (χ0) is 57.5. The molecule has 15 nitrogen and oxygen atoms in total. The van der Waals surface area contributed by atoms with Gasteiger partial charge >= 0.3 is 11.6 Å². The Morgan fingerprint density at radius 1 is 0.738 bits per heavy atom. The molecule has 0 unspecified atom stereocenters. The number of amides is 2. The molecule has 2 amide bonds. The first-order valence-corrected chi connectivity index (χ1v) is 29.1. The number of nitrogens with one attached hydrogen (secondary N) is 2. The maximum absolute atomic E-state index is 15.5. The number of carbonyl (C=O) groups is 3. The minimum Gasteiger partial charge on any atom is -0.497 e. The molecule has 84 heavy (non-hydrogen) atoms. The van der Waals surface area contributed by atoms with Crippen molar-refractivity contribution < 1.29 is 33.3 Å². The van der Waals surface area contributed by atoms with Crippen molar-refractivity contribution in [1.29, 1.82) is 0 Å². The van der Waals surface area contributed by atoms with Gasteiger partial charge in [0.05, 0.1) is 25.6 Å². The number of ether oxygens (including phenoxy) is 2. The van der Waals surface area contributed by atoms with Crippen molar-refractivity contribution in [3.63, 3.8) is 0 Å². The van der Waals surface area contributed by atoms with Crippen molar-refractivity contribution in [2.24, 2.45) is 5.16 Å². The first-order chi connectivity index (χ1) is 41.2. The molecular weight excluding hydrogens is 1090 g/mol. The Morgan fingerprint density at radius 2 is 1.29 bits per heavy atom. The summed E-state index contributed by atoms with van der Waals surface area (Å²) in [6, 6.07) is 69.3. The number of hydrogen-bond acceptors (Lipinski definition) is 13. The summed E-state index contributed by atoms with van der Waals surface area (Å²) < 4.78 is 14.9. The smallest absolute Gasteiger partial charge is 0.355 e. The molecule has 0 spiro atoms. The van der Waals surface area contributed by atoms with Gasteiger partial charge in [0.15, 0.2) is 10.8 Å². The van der Waals surface area contributed by atoms with Crippen LogP contribution in [0.4, 0.5) is 10.9 Å². The highest BCUT2D eigenvalue weighted by Gasteiger charge is 2.55. The summed E-state index contributed by atoms with van der Waals surface area (Å²) >= 11 is 2.72. The number of fused-ring (bicyclic) bond motifs is 2. The molecule has 3 aromatic heterocycles. The van der Waals surface area contributed by atoms with E-state index < -0.39 is 40.3 Å². The quantitative estimate of drug-likeness (QED) is 0.0165. The Kier molecular flexibility index (Phi) is 15.7. The number of aromatic nitrogens is 4. The Morgan fingerprint density at radius 3 is 1.83 bits per heavy atom. The van der Waals surface area contributed by atoms with Gasteiger partial charge in [-0.05, 0) is 46.0 Å². The molecule has 2 aliphatic heterocycles. The SMILES string of the molecule is COc1ccc(COC(=O)C2=C(/C=C/C[n+]3ccc(N)n4nccc43)CS[C@H]3[C@H](NC(=O)C(=NOC(c4ccccc4)(c4ccccc4)c4ccccc4)c4csc(NC(c5ccccc5)(c5ccccc5)c5ccccc5)n4)C(=O)N23)cc1. The van der Waals surface area contributed by atoms with Gasteiger partial charge in [-0.2, -0.15) is 0 Å². The number of benzene rings is 7. The number of thioether (sulfide) groups is 1. The number of oxime groups is 1. The third kappa shape index (κ3) is 10.6. The second-order valence-electron chi connectivity index (χ2n) is 19.9. The number of thiazole rings is 1. The lowest BCUT2D eigenvalue weighted by atomic mass is 9.77. The second-order valence-corrected chi connectivity index (χ2v) is 21.8. The van der Waals surface area contributed by atoms with Gasteiger partial charge in [-0.3, -0.25) is 14.5 Å². The molecular formula is C67H56N9O6S2+. The number of nitrogens with two attached hydrogens (primary N) is 1. The third-order valence-electron chi connectivity index (χ3n) is 14.9. The molecule has 10 aromatic rings. The topological polar surface area (TPSA) is 179 Å². The lowest BCUT2D eigenvalue weighted by molar-refractivity contribution is -0.664. The summed E-state index contributed by atoms with van der Waals surface area (Å²) in [5.74, 6) is -0.475. The van der Waals surface area contributed by atoms with E-state index in [2.05, 4.69) is 52.1 Å². The van der Waals surface area contributed by atoms with Crippen molar-refractivity contribution in [1.82, 2.24) is 24.8 Å². The van der Waals surface area contributed by atoms with Crippen LogP contribution < -0.4 is 25.7 Å². The molecule has 2 atom stereocenters. The van der Waals surface area contributed by atoms with Crippen molar-refractivity contribution >= 4 is 63.2 Å². The van der Waals surface area contributed by atoms with Crippen LogP contribution in [0.25, 0.3) is 5.65 Å². The lowest BCUT2D eigenvalue weighted by Gasteiger charge is -2.49. The third-order valence-corrected chi connectivity index (χ3v) is 17.0. The fourth-order valence-corrected chi connectivity index (χ4v) is 12.8. The van der Waals surface area contributed by atoms with Crippen molar-refractivity contribution in [2.45, 2.75) is 35.7 Å². The zero-order valence-corrected chi connectivity index (χ0v) is 47.1. The summed E-state index contributed by atoms with van der Waals surface area (Å²) in [5, 5.41) is 17.6. The summed E-state index contributed by atoms with van der Waals surface area (Å²) in [4.78, 5) is 58.5. The number of hydrogen-bond donors (Lipinski definition) is 3. The van der Waals surface area contributed by atoms with E-state index in [4.69, 9.17) is 30.2 Å². The fraction of sp³-hybridized carbons (Fsp3) is 0.119. The summed E-state index contributed by atoms with van der Waals surface area (Å²) in [7, 11) is 1.58. The molecule has 416 valence electrons. The van der Waals surface area contributed by atoms with E-state index in [9.17, 15) is 9.59 Å². The second kappa shape index (κ2) is 24.2. The Balaban J connectivity index is 0.918. The predicted octanol–water partition coefficient (Wildman–Crippen LogP) is 10.4. The maximum atomic E-state index is 15.5. The maximum Gasteiger partial charge on any atom is 0.355 e. The largest absolute Gasteiger partial charge is 0.497 e. The van der Waals surface area contributed by atoms with E-state index in [1.165, 1.54) is 28.0 Å². The first-order valence-electron chi connectivity index (χ1n) is 27.2. The minimum atomic E-state index is -1.38. The highest BCUT2D eigenvalue weighted by atomic mass is 32.2. The average molecular weight is 1150 g/mol. The summed E-state index contributed by atoms with van der Waals surface area (Å²) in [6.07, 6.45) is 7.27. The zero-order valence-electron chi connectivity index (χ0n) is 45.5. The molecule has 12 rings (SSSR count). The Hall–Kier alpha value is -10.1. The molecule has 0 radical (unpaired) electrons. The van der Waals surface area contributed by atoms with E-state index in [-0.39, 0.29) is 23.7 Å². The first kappa shape index (κ1) is 54.5. The van der Waals surface area contributed by atoms with Gasteiger partial charge in [-0.25, -0.2) is 14.3 Å². The van der Waals surface area contributed by atoms with Crippen LogP contribution in [-0.2, 0) is 48.2 Å². The van der Waals surface area contributed by atoms with Gasteiger partial charge in [0.2, 0.25) is 11.4 Å². The number of nitrogen functional groups attached to an aromatic ring is 1. The van der Waals surface area contributed by atoms with E-state index in [0.29, 0.717) is 34.6 Å². The van der Waals surface area contributed by atoms with Crippen LogP contribution in [0.3, 0.4) is 0 Å². The molecule has 4 N–H and O–H groups in total. The van der Waals surface area contributed by atoms with Crippen LogP contribution in [-0.4, -0.2) is 67.3 Å². The molecule has 0 bridgehead atoms. The Labute approximate surface area is 493 Å². The number of methoxy groups -OCH3 is 1. The summed E-state index contributed by atoms with van der Waals surface area (Å²) in [5.41, 5.74) is 11.1. The van der Waals surface area contributed by atoms with Crippen molar-refractivity contribution in [3.05, 3.63) is 304 Å². The number of rotatable bonds is 20. The lowest BCUT2D eigenvalue weighted by Crippen LogP contribution is -2.71. The summed E-state index contributed by atoms with van der Waals surface area (Å²) in [6.45, 7) is 0.339. The van der Waals surface area contributed by atoms with E-state index in [0.717, 1.165) is 44.6 Å². The highest BCUT2D eigenvalue weighted by molar-refractivity contribution is 8.00. The molecule has 7 aromatic carbocycles. The Bertz CT molecular complexity index is 3860. The number of esters is 1. The van der Waals surface area contributed by atoms with Gasteiger partial charge < -0.3 is 30.7 Å². The number of carbonyl (C=O) groups excluding carboxylic acids is 3. The molecule has 17 heteroatoms. The highest BCUT2D eigenvalue weighted by Crippen LogP contribution is 2.44. The number of allylic oxidation sites excluding steroid dienone is 2. The van der Waals surface area contributed by atoms with Gasteiger partial charge in [0.25, 0.3) is 11.8 Å². The van der Waals surface area contributed by atoms with E-state index >= 15 is 4.79 Å². The van der Waals surface area contributed by atoms with Crippen LogP contribution in [0.1, 0.15) is 44.6 Å².